The molecule has 1 aliphatic heterocycles. The van der Waals surface area contributed by atoms with Gasteiger partial charge in [0.2, 0.25) is 0 Å². The Morgan fingerprint density at radius 2 is 1.54 bits per heavy atom. The van der Waals surface area contributed by atoms with E-state index in [0.29, 0.717) is 5.56 Å². The van der Waals surface area contributed by atoms with Crippen molar-refractivity contribution in [3.63, 3.8) is 0 Å². The van der Waals surface area contributed by atoms with Crippen LogP contribution >= 0.6 is 34.8 Å². The van der Waals surface area contributed by atoms with Gasteiger partial charge in [-0.15, -0.1) is 0 Å². The molecule has 1 N–H and O–H groups in total. The second-order valence-corrected chi connectivity index (χ2v) is 11.1. The van der Waals surface area contributed by atoms with Gasteiger partial charge >= 0.3 is 0 Å². The highest BCUT2D eigenvalue weighted by Gasteiger charge is 2.47. The van der Waals surface area contributed by atoms with Crippen LogP contribution in [0.3, 0.4) is 0 Å². The van der Waals surface area contributed by atoms with Gasteiger partial charge in [0.05, 0.1) is 41.4 Å². The van der Waals surface area contributed by atoms with Gasteiger partial charge in [-0.2, -0.15) is 0 Å². The van der Waals surface area contributed by atoms with Crippen molar-refractivity contribution in [2.24, 2.45) is 0 Å². The molecule has 1 aliphatic rings. The standard InChI is InChI=1S/C29H25Cl3FNO5/c1-29(2,3)15-8-6-14(7-9-15)23-21(24(35)17-13-19(31)27(39-5)22(32)26(17)38-4)25(36)28(37)34(23)16-10-11-20(33)18(30)12-16/h6-13,23,35H,1-5H3/b24-21+. The van der Waals surface area contributed by atoms with Gasteiger partial charge in [0.1, 0.15) is 16.6 Å². The molecule has 3 aromatic carbocycles. The first-order valence-electron chi connectivity index (χ1n) is 11.8. The molecule has 0 saturated carbocycles. The minimum Gasteiger partial charge on any atom is -0.507 e. The number of hydrogen-bond acceptors (Lipinski definition) is 5. The summed E-state index contributed by atoms with van der Waals surface area (Å²) < 4.78 is 24.6. The van der Waals surface area contributed by atoms with Gasteiger partial charge in [0.25, 0.3) is 11.7 Å². The monoisotopic (exact) mass is 591 g/mol. The maximum atomic E-state index is 14.0. The van der Waals surface area contributed by atoms with Gasteiger partial charge in [0.15, 0.2) is 11.5 Å². The molecule has 1 unspecified atom stereocenters. The third kappa shape index (κ3) is 5.07. The number of ether oxygens (including phenoxy) is 2. The summed E-state index contributed by atoms with van der Waals surface area (Å²) in [7, 11) is 2.69. The van der Waals surface area contributed by atoms with Crippen LogP contribution < -0.4 is 14.4 Å². The Labute approximate surface area is 240 Å². The molecule has 0 aromatic heterocycles. The van der Waals surface area contributed by atoms with Crippen LogP contribution in [-0.4, -0.2) is 31.0 Å². The number of nitrogens with zero attached hydrogens (tertiary/aromatic N) is 1. The molecule has 0 bridgehead atoms. The predicted molar refractivity (Wildman–Crippen MR) is 151 cm³/mol. The molecule has 1 atom stereocenters. The highest BCUT2D eigenvalue weighted by molar-refractivity contribution is 6.52. The lowest BCUT2D eigenvalue weighted by Crippen LogP contribution is -2.29. The maximum Gasteiger partial charge on any atom is 0.300 e. The average molecular weight is 593 g/mol. The first-order chi connectivity index (χ1) is 18.3. The lowest BCUT2D eigenvalue weighted by molar-refractivity contribution is -0.132. The van der Waals surface area contributed by atoms with E-state index in [9.17, 15) is 19.1 Å². The van der Waals surface area contributed by atoms with Crippen LogP contribution in [0.25, 0.3) is 5.76 Å². The highest BCUT2D eigenvalue weighted by atomic mass is 35.5. The SMILES string of the molecule is COc1c(Cl)cc(/C(O)=C2\C(=O)C(=O)N(c3ccc(F)c(Cl)c3)C2c2ccc(C(C)(C)C)cc2)c(OC)c1Cl. The molecule has 1 fully saturated rings. The predicted octanol–water partition coefficient (Wildman–Crippen LogP) is 7.73. The first-order valence-corrected chi connectivity index (χ1v) is 12.9. The number of benzene rings is 3. The van der Waals surface area contributed by atoms with E-state index in [1.165, 1.54) is 37.3 Å². The van der Waals surface area contributed by atoms with Gasteiger partial charge in [0, 0.05) is 5.69 Å². The summed E-state index contributed by atoms with van der Waals surface area (Å²) in [5, 5.41) is 11.4. The maximum absolute atomic E-state index is 14.0. The molecule has 0 spiro atoms. The van der Waals surface area contributed by atoms with Crippen molar-refractivity contribution in [1.29, 1.82) is 0 Å². The molecule has 204 valence electrons. The van der Waals surface area contributed by atoms with Crippen molar-refractivity contribution in [3.8, 4) is 11.5 Å². The minimum absolute atomic E-state index is 0.00623. The van der Waals surface area contributed by atoms with Crippen LogP contribution in [0.5, 0.6) is 11.5 Å². The molecule has 4 rings (SSSR count). The van der Waals surface area contributed by atoms with Crippen LogP contribution in [0.1, 0.15) is 43.5 Å². The van der Waals surface area contributed by atoms with E-state index in [1.807, 2.05) is 12.1 Å². The van der Waals surface area contributed by atoms with E-state index in [1.54, 1.807) is 12.1 Å². The number of carbonyl (C=O) groups is 2. The zero-order chi connectivity index (χ0) is 28.8. The van der Waals surface area contributed by atoms with Crippen molar-refractivity contribution >= 4 is 57.9 Å². The van der Waals surface area contributed by atoms with Gasteiger partial charge in [-0.05, 0) is 40.8 Å². The Kier molecular flexibility index (Phi) is 7.90. The summed E-state index contributed by atoms with van der Waals surface area (Å²) in [4.78, 5) is 28.1. The molecule has 1 heterocycles. The van der Waals surface area contributed by atoms with E-state index in [4.69, 9.17) is 44.3 Å². The third-order valence-electron chi connectivity index (χ3n) is 6.51. The molecule has 10 heteroatoms. The zero-order valence-electron chi connectivity index (χ0n) is 21.7. The van der Waals surface area contributed by atoms with Crippen molar-refractivity contribution in [1.82, 2.24) is 0 Å². The van der Waals surface area contributed by atoms with Gasteiger partial charge in [-0.1, -0.05) is 79.8 Å². The van der Waals surface area contributed by atoms with E-state index >= 15 is 0 Å². The Hall–Kier alpha value is -3.26. The fourth-order valence-electron chi connectivity index (χ4n) is 4.51. The molecule has 3 aromatic rings. The van der Waals surface area contributed by atoms with Crippen LogP contribution in [0.15, 0.2) is 54.1 Å². The minimum atomic E-state index is -1.09. The molecule has 0 aliphatic carbocycles. The average Bonchev–Trinajstić information content (AvgIpc) is 3.15. The number of halogens is 4. The summed E-state index contributed by atoms with van der Waals surface area (Å²) in [6, 6.07) is 11.2. The Morgan fingerprint density at radius 3 is 2.08 bits per heavy atom. The Bertz CT molecular complexity index is 1510. The van der Waals surface area contributed by atoms with Crippen molar-refractivity contribution in [3.05, 3.63) is 91.7 Å². The summed E-state index contributed by atoms with van der Waals surface area (Å²) in [6.07, 6.45) is 0. The normalized spacial score (nSPS) is 17.1. The second kappa shape index (κ2) is 10.7. The number of hydrogen-bond donors (Lipinski definition) is 1. The number of aliphatic hydroxyl groups is 1. The summed E-state index contributed by atoms with van der Waals surface area (Å²) in [6.45, 7) is 6.16. The number of amides is 1. The van der Waals surface area contributed by atoms with Crippen molar-refractivity contribution in [2.45, 2.75) is 32.2 Å². The van der Waals surface area contributed by atoms with E-state index < -0.39 is 29.3 Å². The smallest absolute Gasteiger partial charge is 0.300 e. The van der Waals surface area contributed by atoms with Crippen LogP contribution in [0.2, 0.25) is 15.1 Å². The molecule has 1 amide bonds. The van der Waals surface area contributed by atoms with Gasteiger partial charge in [-0.25, -0.2) is 4.39 Å². The summed E-state index contributed by atoms with van der Waals surface area (Å²) >= 11 is 18.8. The molecule has 1 saturated heterocycles. The zero-order valence-corrected chi connectivity index (χ0v) is 24.0. The molecular weight excluding hydrogens is 568 g/mol. The molecule has 6 nitrogen and oxygen atoms in total. The van der Waals surface area contributed by atoms with E-state index in [-0.39, 0.29) is 48.8 Å². The van der Waals surface area contributed by atoms with Crippen LogP contribution in [0.4, 0.5) is 10.1 Å². The fourth-order valence-corrected chi connectivity index (χ4v) is 5.37. The number of ketones is 1. The summed E-state index contributed by atoms with van der Waals surface area (Å²) in [5.41, 5.74) is 1.30. The highest BCUT2D eigenvalue weighted by Crippen LogP contribution is 2.48. The Morgan fingerprint density at radius 1 is 0.923 bits per heavy atom. The fraction of sp³-hybridized carbons (Fsp3) is 0.241. The van der Waals surface area contributed by atoms with E-state index in [2.05, 4.69) is 20.8 Å². The van der Waals surface area contributed by atoms with Gasteiger partial charge in [-0.3, -0.25) is 14.5 Å². The van der Waals surface area contributed by atoms with Crippen LogP contribution in [-0.2, 0) is 15.0 Å². The lowest BCUT2D eigenvalue weighted by atomic mass is 9.85. The molecule has 0 radical (unpaired) electrons. The topological polar surface area (TPSA) is 76.1 Å². The van der Waals surface area contributed by atoms with Crippen LogP contribution in [0, 0.1) is 5.82 Å². The number of Topliss-reactive ketones (excluding diaryl/α,β-unsaturated/α-hetero) is 1. The number of anilines is 1. The van der Waals surface area contributed by atoms with Crippen molar-refractivity contribution < 1.29 is 28.6 Å². The largest absolute Gasteiger partial charge is 0.507 e. The summed E-state index contributed by atoms with van der Waals surface area (Å²) in [5.74, 6) is -3.04. The number of methoxy groups -OCH3 is 2. The quantitative estimate of drug-likeness (QED) is 0.186. The number of aliphatic hydroxyl groups excluding tert-OH is 1. The third-order valence-corrected chi connectivity index (χ3v) is 7.43. The number of rotatable bonds is 5. The first kappa shape index (κ1) is 28.7. The lowest BCUT2D eigenvalue weighted by Gasteiger charge is -2.27. The van der Waals surface area contributed by atoms with Crippen molar-refractivity contribution in [2.75, 3.05) is 19.1 Å². The number of carbonyl (C=O) groups excluding carboxylic acids is 2. The van der Waals surface area contributed by atoms with Gasteiger partial charge < -0.3 is 14.6 Å². The van der Waals surface area contributed by atoms with E-state index in [0.717, 1.165) is 11.6 Å². The molecule has 39 heavy (non-hydrogen) atoms. The second-order valence-electron chi connectivity index (χ2n) is 9.93. The Balaban J connectivity index is 2.02. The molecular formula is C29H25Cl3FNO5.